The molecule has 2 aromatic rings. The van der Waals surface area contributed by atoms with Crippen LogP contribution in [0.5, 0.6) is 0 Å². The van der Waals surface area contributed by atoms with E-state index in [4.69, 9.17) is 8.94 Å². The molecule has 1 amide bonds. The van der Waals surface area contributed by atoms with Gasteiger partial charge in [-0.3, -0.25) is 9.69 Å². The summed E-state index contributed by atoms with van der Waals surface area (Å²) in [6.45, 7) is 7.43. The van der Waals surface area contributed by atoms with Gasteiger partial charge in [0.05, 0.1) is 0 Å². The summed E-state index contributed by atoms with van der Waals surface area (Å²) in [6.07, 6.45) is 0. The van der Waals surface area contributed by atoms with Crippen molar-refractivity contribution in [1.29, 1.82) is 0 Å². The summed E-state index contributed by atoms with van der Waals surface area (Å²) in [5.74, 6) is 2.23. The maximum absolute atomic E-state index is 12.7. The molecule has 1 aliphatic heterocycles. The fraction of sp³-hybridized carbons (Fsp3) is 0.533. The minimum atomic E-state index is -0.0877. The minimum absolute atomic E-state index is 0.0834. The number of amides is 1. The van der Waals surface area contributed by atoms with Crippen LogP contribution >= 0.6 is 0 Å². The van der Waals surface area contributed by atoms with Crippen molar-refractivity contribution in [2.24, 2.45) is 0 Å². The highest BCUT2D eigenvalue weighted by Gasteiger charge is 2.33. The Kier molecular flexibility index (Phi) is 3.74. The van der Waals surface area contributed by atoms with E-state index in [1.807, 2.05) is 27.0 Å². The van der Waals surface area contributed by atoms with Gasteiger partial charge < -0.3 is 13.8 Å². The van der Waals surface area contributed by atoms with Gasteiger partial charge in [-0.2, -0.15) is 4.98 Å². The van der Waals surface area contributed by atoms with Crippen LogP contribution in [-0.2, 0) is 0 Å². The summed E-state index contributed by atoms with van der Waals surface area (Å²) in [5.41, 5.74) is 0.867. The zero-order valence-corrected chi connectivity index (χ0v) is 13.3. The highest BCUT2D eigenvalue weighted by atomic mass is 16.5. The topological polar surface area (TPSA) is 75.6 Å². The standard InChI is InChI=1S/C15H20N4O3/c1-9-7-10(2)21-13(9)15(20)19-6-5-18(4)12(8-19)14-16-11(3)17-22-14/h7,12H,5-6,8H2,1-4H3/t12-/m1/s1. The normalized spacial score (nSPS) is 19.6. The van der Waals surface area contributed by atoms with Crippen LogP contribution in [0.1, 0.15) is 39.6 Å². The number of furan rings is 1. The van der Waals surface area contributed by atoms with Crippen LogP contribution in [0.2, 0.25) is 0 Å². The fourth-order valence-corrected chi connectivity index (χ4v) is 2.77. The molecule has 1 fully saturated rings. The van der Waals surface area contributed by atoms with Crippen molar-refractivity contribution in [3.8, 4) is 0 Å². The first-order chi connectivity index (χ1) is 10.5. The van der Waals surface area contributed by atoms with Crippen LogP contribution in [0.3, 0.4) is 0 Å². The number of nitrogens with zero attached hydrogens (tertiary/aromatic N) is 4. The molecule has 0 radical (unpaired) electrons. The van der Waals surface area contributed by atoms with Crippen molar-refractivity contribution in [2.45, 2.75) is 26.8 Å². The second-order valence-electron chi connectivity index (χ2n) is 5.80. The number of piperazine rings is 1. The number of likely N-dealkylation sites (N-methyl/N-ethyl adjacent to an activating group) is 1. The van der Waals surface area contributed by atoms with Crippen LogP contribution in [0.25, 0.3) is 0 Å². The van der Waals surface area contributed by atoms with Crippen molar-refractivity contribution >= 4 is 5.91 Å². The molecule has 3 heterocycles. The summed E-state index contributed by atoms with van der Waals surface area (Å²) in [4.78, 5) is 20.9. The number of hydrogen-bond acceptors (Lipinski definition) is 6. The van der Waals surface area contributed by atoms with Gasteiger partial charge in [-0.05, 0) is 33.9 Å². The van der Waals surface area contributed by atoms with Gasteiger partial charge in [-0.15, -0.1) is 0 Å². The Balaban J connectivity index is 1.81. The molecule has 22 heavy (non-hydrogen) atoms. The van der Waals surface area contributed by atoms with Gasteiger partial charge in [0.15, 0.2) is 11.6 Å². The van der Waals surface area contributed by atoms with E-state index >= 15 is 0 Å². The van der Waals surface area contributed by atoms with Crippen LogP contribution < -0.4 is 0 Å². The first-order valence-electron chi connectivity index (χ1n) is 7.32. The molecular weight excluding hydrogens is 284 g/mol. The molecule has 0 aliphatic carbocycles. The lowest BCUT2D eigenvalue weighted by molar-refractivity contribution is 0.0460. The smallest absolute Gasteiger partial charge is 0.289 e. The lowest BCUT2D eigenvalue weighted by atomic mass is 10.1. The molecule has 7 nitrogen and oxygen atoms in total. The SMILES string of the molecule is Cc1noc([C@H]2CN(C(=O)c3oc(C)cc3C)CCN2C)n1. The molecule has 1 saturated heterocycles. The van der Waals surface area contributed by atoms with E-state index in [2.05, 4.69) is 15.0 Å². The second kappa shape index (κ2) is 5.57. The average Bonchev–Trinajstić information content (AvgIpc) is 3.04. The van der Waals surface area contributed by atoms with Crippen LogP contribution in [0.15, 0.2) is 15.0 Å². The third kappa shape index (κ3) is 2.64. The van der Waals surface area contributed by atoms with E-state index in [0.29, 0.717) is 30.6 Å². The van der Waals surface area contributed by atoms with Crippen molar-refractivity contribution in [3.05, 3.63) is 34.9 Å². The monoisotopic (exact) mass is 304 g/mol. The van der Waals surface area contributed by atoms with Gasteiger partial charge in [0.2, 0.25) is 5.89 Å². The van der Waals surface area contributed by atoms with E-state index in [1.165, 1.54) is 0 Å². The Bertz CT molecular complexity index is 691. The largest absolute Gasteiger partial charge is 0.456 e. The molecule has 0 bridgehead atoms. The Morgan fingerprint density at radius 1 is 1.32 bits per heavy atom. The lowest BCUT2D eigenvalue weighted by Crippen LogP contribution is -2.49. The van der Waals surface area contributed by atoms with Crippen molar-refractivity contribution in [2.75, 3.05) is 26.7 Å². The Hall–Kier alpha value is -2.15. The van der Waals surface area contributed by atoms with Gasteiger partial charge in [0.25, 0.3) is 5.91 Å². The predicted molar refractivity (Wildman–Crippen MR) is 78.5 cm³/mol. The maximum Gasteiger partial charge on any atom is 0.289 e. The summed E-state index contributed by atoms with van der Waals surface area (Å²) < 4.78 is 10.8. The summed E-state index contributed by atoms with van der Waals surface area (Å²) >= 11 is 0. The summed E-state index contributed by atoms with van der Waals surface area (Å²) in [5, 5.41) is 3.84. The van der Waals surface area contributed by atoms with Crippen molar-refractivity contribution in [3.63, 3.8) is 0 Å². The molecule has 3 rings (SSSR count). The second-order valence-corrected chi connectivity index (χ2v) is 5.80. The lowest BCUT2D eigenvalue weighted by Gasteiger charge is -2.37. The molecule has 1 aliphatic rings. The van der Waals surface area contributed by atoms with E-state index < -0.39 is 0 Å². The number of rotatable bonds is 2. The Morgan fingerprint density at radius 3 is 2.68 bits per heavy atom. The molecule has 0 N–H and O–H groups in total. The fourth-order valence-electron chi connectivity index (χ4n) is 2.77. The quantitative estimate of drug-likeness (QED) is 0.841. The number of carbonyl (C=O) groups excluding carboxylic acids is 1. The first-order valence-corrected chi connectivity index (χ1v) is 7.32. The third-order valence-electron chi connectivity index (χ3n) is 4.00. The molecule has 1 atom stereocenters. The molecular formula is C15H20N4O3. The summed E-state index contributed by atoms with van der Waals surface area (Å²) in [6, 6.07) is 1.79. The van der Waals surface area contributed by atoms with E-state index in [9.17, 15) is 4.79 Å². The highest BCUT2D eigenvalue weighted by Crippen LogP contribution is 2.25. The van der Waals surface area contributed by atoms with Crippen LogP contribution in [0, 0.1) is 20.8 Å². The molecule has 0 aromatic carbocycles. The van der Waals surface area contributed by atoms with Crippen LogP contribution in [-0.4, -0.2) is 52.5 Å². The number of aryl methyl sites for hydroxylation is 3. The molecule has 0 unspecified atom stereocenters. The van der Waals surface area contributed by atoms with Crippen molar-refractivity contribution < 1.29 is 13.7 Å². The molecule has 7 heteroatoms. The zero-order valence-electron chi connectivity index (χ0n) is 13.3. The number of aromatic nitrogens is 2. The third-order valence-corrected chi connectivity index (χ3v) is 4.00. The average molecular weight is 304 g/mol. The van der Waals surface area contributed by atoms with E-state index in [1.54, 1.807) is 11.8 Å². The predicted octanol–water partition coefficient (Wildman–Crippen LogP) is 1.72. The first kappa shape index (κ1) is 14.8. The van der Waals surface area contributed by atoms with Gasteiger partial charge in [0, 0.05) is 25.2 Å². The maximum atomic E-state index is 12.7. The van der Waals surface area contributed by atoms with E-state index in [-0.39, 0.29) is 11.9 Å². The van der Waals surface area contributed by atoms with Gasteiger partial charge in [-0.25, -0.2) is 0 Å². The summed E-state index contributed by atoms with van der Waals surface area (Å²) in [7, 11) is 1.99. The zero-order chi connectivity index (χ0) is 15.9. The molecule has 2 aromatic heterocycles. The highest BCUT2D eigenvalue weighted by molar-refractivity contribution is 5.93. The van der Waals surface area contributed by atoms with Gasteiger partial charge in [0.1, 0.15) is 11.8 Å². The minimum Gasteiger partial charge on any atom is -0.456 e. The van der Waals surface area contributed by atoms with Crippen LogP contribution in [0.4, 0.5) is 0 Å². The van der Waals surface area contributed by atoms with Gasteiger partial charge in [-0.1, -0.05) is 5.16 Å². The molecule has 118 valence electrons. The van der Waals surface area contributed by atoms with Crippen molar-refractivity contribution in [1.82, 2.24) is 19.9 Å². The number of carbonyl (C=O) groups is 1. The van der Waals surface area contributed by atoms with Gasteiger partial charge >= 0.3 is 0 Å². The Labute approximate surface area is 128 Å². The van der Waals surface area contributed by atoms with E-state index in [0.717, 1.165) is 17.9 Å². The molecule has 0 saturated carbocycles. The molecule has 0 spiro atoms. The number of hydrogen-bond donors (Lipinski definition) is 0. The Morgan fingerprint density at radius 2 is 2.09 bits per heavy atom.